The van der Waals surface area contributed by atoms with Gasteiger partial charge in [0.25, 0.3) is 10.0 Å². The molecule has 0 spiro atoms. The molecular formula is C26H28ClN3O6S2. The third-order valence-corrected chi connectivity index (χ3v) is 10.1. The van der Waals surface area contributed by atoms with E-state index < -0.39 is 32.5 Å². The van der Waals surface area contributed by atoms with Crippen LogP contribution < -0.4 is 14.4 Å². The molecule has 0 aliphatic carbocycles. The number of benzene rings is 3. The van der Waals surface area contributed by atoms with Crippen molar-refractivity contribution in [1.29, 1.82) is 0 Å². The molecule has 1 heterocycles. The number of sulfonamides is 2. The highest BCUT2D eigenvalue weighted by Gasteiger charge is 2.28. The molecule has 3 aromatic carbocycles. The van der Waals surface area contributed by atoms with Crippen LogP contribution in [0.3, 0.4) is 0 Å². The molecule has 1 aliphatic heterocycles. The van der Waals surface area contributed by atoms with E-state index in [0.717, 1.165) is 23.6 Å². The molecular weight excluding hydrogens is 550 g/mol. The first-order valence-corrected chi connectivity index (χ1v) is 15.2. The number of amides is 1. The number of carbonyl (C=O) groups excluding carboxylic acids is 1. The smallest absolute Gasteiger partial charge is 0.264 e. The number of carbonyl (C=O) groups is 1. The molecule has 3 aromatic rings. The molecule has 0 unspecified atom stereocenters. The van der Waals surface area contributed by atoms with Gasteiger partial charge in [-0.3, -0.25) is 9.10 Å². The summed E-state index contributed by atoms with van der Waals surface area (Å²) in [6.45, 7) is 0.428. The summed E-state index contributed by atoms with van der Waals surface area (Å²) in [6.07, 6.45) is 2.67. The number of ether oxygens (including phenoxy) is 1. The van der Waals surface area contributed by atoms with Crippen LogP contribution in [0, 0.1) is 0 Å². The molecule has 9 nitrogen and oxygen atoms in total. The van der Waals surface area contributed by atoms with Gasteiger partial charge in [0.05, 0.1) is 27.6 Å². The minimum atomic E-state index is -4.13. The normalized spacial score (nSPS) is 14.6. The summed E-state index contributed by atoms with van der Waals surface area (Å²) >= 11 is 6.24. The lowest BCUT2D eigenvalue weighted by atomic mass is 10.2. The molecule has 0 atom stereocenters. The zero-order valence-electron chi connectivity index (χ0n) is 20.7. The van der Waals surface area contributed by atoms with Gasteiger partial charge in [0.1, 0.15) is 12.3 Å². The topological polar surface area (TPSA) is 113 Å². The first kappa shape index (κ1) is 27.9. The van der Waals surface area contributed by atoms with Crippen LogP contribution in [-0.4, -0.2) is 53.8 Å². The van der Waals surface area contributed by atoms with Crippen molar-refractivity contribution < 1.29 is 26.4 Å². The first-order valence-electron chi connectivity index (χ1n) is 11.9. The highest BCUT2D eigenvalue weighted by atomic mass is 35.5. The molecule has 1 N–H and O–H groups in total. The lowest BCUT2D eigenvalue weighted by Gasteiger charge is -2.26. The van der Waals surface area contributed by atoms with E-state index >= 15 is 0 Å². The third-order valence-electron chi connectivity index (χ3n) is 6.13. The Morgan fingerprint density at radius 3 is 2.18 bits per heavy atom. The van der Waals surface area contributed by atoms with Gasteiger partial charge in [-0.05, 0) is 67.4 Å². The predicted octanol–water partition coefficient (Wildman–Crippen LogP) is 4.36. The van der Waals surface area contributed by atoms with E-state index in [2.05, 4.69) is 5.32 Å². The molecule has 12 heteroatoms. The van der Waals surface area contributed by atoms with Gasteiger partial charge in [0, 0.05) is 18.8 Å². The molecule has 0 saturated carbocycles. The summed E-state index contributed by atoms with van der Waals surface area (Å²) in [5.74, 6) is -0.264. The Kier molecular flexibility index (Phi) is 8.61. The second-order valence-electron chi connectivity index (χ2n) is 8.68. The fourth-order valence-corrected chi connectivity index (χ4v) is 7.34. The number of halogens is 1. The predicted molar refractivity (Wildman–Crippen MR) is 147 cm³/mol. The SMILES string of the molecule is COc1ccc(N(CC(=O)Nc2ccc(S(=O)(=O)N3CCCCC3)cc2)S(=O)(=O)c2ccccc2)cc1Cl. The number of anilines is 2. The molecule has 38 heavy (non-hydrogen) atoms. The molecule has 1 saturated heterocycles. The van der Waals surface area contributed by atoms with Crippen molar-refractivity contribution >= 4 is 48.9 Å². The van der Waals surface area contributed by atoms with E-state index in [1.807, 2.05) is 0 Å². The number of rotatable bonds is 9. The van der Waals surface area contributed by atoms with Crippen LogP contribution in [0.15, 0.2) is 82.6 Å². The number of hydrogen-bond acceptors (Lipinski definition) is 6. The number of methoxy groups -OCH3 is 1. The molecule has 1 aliphatic rings. The third kappa shape index (κ3) is 6.12. The molecule has 0 aromatic heterocycles. The van der Waals surface area contributed by atoms with Gasteiger partial charge in [-0.25, -0.2) is 16.8 Å². The Morgan fingerprint density at radius 2 is 1.58 bits per heavy atom. The molecule has 202 valence electrons. The summed E-state index contributed by atoms with van der Waals surface area (Å²) in [5, 5.41) is 2.83. The maximum absolute atomic E-state index is 13.5. The van der Waals surface area contributed by atoms with Crippen LogP contribution in [0.25, 0.3) is 0 Å². The second-order valence-corrected chi connectivity index (χ2v) is 12.9. The van der Waals surface area contributed by atoms with Crippen molar-refractivity contribution in [1.82, 2.24) is 4.31 Å². The van der Waals surface area contributed by atoms with Gasteiger partial charge in [0.2, 0.25) is 15.9 Å². The van der Waals surface area contributed by atoms with Gasteiger partial charge in [0.15, 0.2) is 0 Å². The molecule has 0 radical (unpaired) electrons. The van der Waals surface area contributed by atoms with Crippen LogP contribution >= 0.6 is 11.6 Å². The Labute approximate surface area is 228 Å². The minimum Gasteiger partial charge on any atom is -0.495 e. The van der Waals surface area contributed by atoms with E-state index in [-0.39, 0.29) is 20.5 Å². The van der Waals surface area contributed by atoms with Crippen LogP contribution in [0.1, 0.15) is 19.3 Å². The van der Waals surface area contributed by atoms with Gasteiger partial charge in [-0.15, -0.1) is 0 Å². The van der Waals surface area contributed by atoms with Crippen LogP contribution in [0.4, 0.5) is 11.4 Å². The van der Waals surface area contributed by atoms with Crippen LogP contribution in [0.5, 0.6) is 5.75 Å². The zero-order chi connectivity index (χ0) is 27.3. The summed E-state index contributed by atoms with van der Waals surface area (Å²) in [7, 11) is -6.30. The van der Waals surface area contributed by atoms with E-state index in [1.165, 1.54) is 66.0 Å². The van der Waals surface area contributed by atoms with Crippen LogP contribution in [0.2, 0.25) is 5.02 Å². The van der Waals surface area contributed by atoms with Gasteiger partial charge >= 0.3 is 0 Å². The average molecular weight is 578 g/mol. The summed E-state index contributed by atoms with van der Waals surface area (Å²) in [5.41, 5.74) is 0.509. The van der Waals surface area contributed by atoms with Crippen molar-refractivity contribution in [3.05, 3.63) is 77.8 Å². The fraction of sp³-hybridized carbons (Fsp3) is 0.269. The number of nitrogens with zero attached hydrogens (tertiary/aromatic N) is 2. The molecule has 0 bridgehead atoms. The van der Waals surface area contributed by atoms with Crippen molar-refractivity contribution in [2.75, 3.05) is 36.4 Å². The maximum Gasteiger partial charge on any atom is 0.264 e. The minimum absolute atomic E-state index is 0.00649. The van der Waals surface area contributed by atoms with Crippen molar-refractivity contribution in [2.24, 2.45) is 0 Å². The lowest BCUT2D eigenvalue weighted by Crippen LogP contribution is -2.38. The van der Waals surface area contributed by atoms with Crippen LogP contribution in [-0.2, 0) is 24.8 Å². The van der Waals surface area contributed by atoms with Crippen molar-refractivity contribution in [3.8, 4) is 5.75 Å². The van der Waals surface area contributed by atoms with Gasteiger partial charge in [-0.1, -0.05) is 36.2 Å². The number of hydrogen-bond donors (Lipinski definition) is 1. The van der Waals surface area contributed by atoms with E-state index in [0.29, 0.717) is 24.5 Å². The highest BCUT2D eigenvalue weighted by molar-refractivity contribution is 7.92. The van der Waals surface area contributed by atoms with Gasteiger partial charge < -0.3 is 10.1 Å². The highest BCUT2D eigenvalue weighted by Crippen LogP contribution is 2.32. The van der Waals surface area contributed by atoms with E-state index in [1.54, 1.807) is 18.2 Å². The number of nitrogens with one attached hydrogen (secondary N) is 1. The number of piperidine rings is 1. The Morgan fingerprint density at radius 1 is 0.921 bits per heavy atom. The largest absolute Gasteiger partial charge is 0.495 e. The summed E-state index contributed by atoms with van der Waals surface area (Å²) < 4.78 is 60.3. The molecule has 4 rings (SSSR count). The summed E-state index contributed by atoms with van der Waals surface area (Å²) in [6, 6.07) is 18.0. The Hall–Kier alpha value is -3.12. The maximum atomic E-state index is 13.5. The second kappa shape index (κ2) is 11.7. The Bertz CT molecular complexity index is 1490. The molecule has 1 fully saturated rings. The van der Waals surface area contributed by atoms with Gasteiger partial charge in [-0.2, -0.15) is 4.31 Å². The monoisotopic (exact) mass is 577 g/mol. The summed E-state index contributed by atoms with van der Waals surface area (Å²) in [4.78, 5) is 13.2. The molecule has 1 amide bonds. The lowest BCUT2D eigenvalue weighted by molar-refractivity contribution is -0.114. The van der Waals surface area contributed by atoms with Crippen molar-refractivity contribution in [3.63, 3.8) is 0 Å². The zero-order valence-corrected chi connectivity index (χ0v) is 23.1. The fourth-order valence-electron chi connectivity index (χ4n) is 4.14. The van der Waals surface area contributed by atoms with E-state index in [4.69, 9.17) is 16.3 Å². The first-order chi connectivity index (χ1) is 18.1. The quantitative estimate of drug-likeness (QED) is 0.404. The van der Waals surface area contributed by atoms with E-state index in [9.17, 15) is 21.6 Å². The van der Waals surface area contributed by atoms with Crippen molar-refractivity contribution in [2.45, 2.75) is 29.1 Å². The Balaban J connectivity index is 1.56. The average Bonchev–Trinajstić information content (AvgIpc) is 2.93. The standard InChI is InChI=1S/C26H28ClN3O6S2/c1-36-25-15-12-21(18-24(25)27)30(38(34,35)22-8-4-2-5-9-22)19-26(31)28-20-10-13-23(14-11-20)37(32,33)29-16-6-3-7-17-29/h2,4-5,8-15,18H,3,6-7,16-17,19H2,1H3,(H,28,31).